The molecule has 0 aliphatic carbocycles. The minimum Gasteiger partial charge on any atom is -0.405 e. The molecule has 0 aromatic heterocycles. The van der Waals surface area contributed by atoms with Gasteiger partial charge >= 0.3 is 6.36 Å². The van der Waals surface area contributed by atoms with Crippen molar-refractivity contribution in [3.8, 4) is 5.75 Å². The van der Waals surface area contributed by atoms with E-state index < -0.39 is 6.36 Å². The highest BCUT2D eigenvalue weighted by atomic mass is 79.9. The smallest absolute Gasteiger partial charge is 0.405 e. The van der Waals surface area contributed by atoms with E-state index in [1.165, 1.54) is 18.2 Å². The molecule has 0 bridgehead atoms. The third kappa shape index (κ3) is 5.59. The van der Waals surface area contributed by atoms with Gasteiger partial charge in [0.2, 0.25) is 0 Å². The third-order valence-corrected chi connectivity index (χ3v) is 2.69. The number of aliphatic hydroxyl groups excluding tert-OH is 1. The molecule has 0 heterocycles. The molecule has 0 aliphatic heterocycles. The number of halogens is 4. The number of benzene rings is 1. The van der Waals surface area contributed by atoms with E-state index >= 15 is 0 Å². The lowest BCUT2D eigenvalue weighted by Gasteiger charge is -2.12. The molecule has 1 aromatic carbocycles. The average Bonchev–Trinajstić information content (AvgIpc) is 2.26. The molecule has 0 aliphatic rings. The van der Waals surface area contributed by atoms with Crippen molar-refractivity contribution in [1.82, 2.24) is 0 Å². The Morgan fingerprint density at radius 1 is 1.28 bits per heavy atom. The Labute approximate surface area is 111 Å². The zero-order chi connectivity index (χ0) is 13.6. The summed E-state index contributed by atoms with van der Waals surface area (Å²) in [4.78, 5) is 0. The second-order valence-electron chi connectivity index (χ2n) is 3.55. The standard InChI is InChI=1S/C11H13BrF3NO2/c12-9-7-8(16-5-1-2-6-17)3-4-10(9)18-11(13,14)15/h3-4,7,16-17H,1-2,5-6H2. The van der Waals surface area contributed by atoms with Gasteiger partial charge in [-0.1, -0.05) is 0 Å². The van der Waals surface area contributed by atoms with Crippen molar-refractivity contribution in [1.29, 1.82) is 0 Å². The monoisotopic (exact) mass is 327 g/mol. The van der Waals surface area contributed by atoms with Crippen LogP contribution in [0.3, 0.4) is 0 Å². The van der Waals surface area contributed by atoms with Gasteiger partial charge in [-0.2, -0.15) is 0 Å². The SMILES string of the molecule is OCCCCNc1ccc(OC(F)(F)F)c(Br)c1. The quantitative estimate of drug-likeness (QED) is 0.785. The van der Waals surface area contributed by atoms with Crippen molar-refractivity contribution in [2.24, 2.45) is 0 Å². The molecule has 18 heavy (non-hydrogen) atoms. The number of alkyl halides is 3. The summed E-state index contributed by atoms with van der Waals surface area (Å²) in [5, 5.41) is 11.6. The van der Waals surface area contributed by atoms with E-state index in [1.807, 2.05) is 0 Å². The highest BCUT2D eigenvalue weighted by molar-refractivity contribution is 9.10. The lowest BCUT2D eigenvalue weighted by molar-refractivity contribution is -0.274. The number of hydrogen-bond donors (Lipinski definition) is 2. The van der Waals surface area contributed by atoms with Gasteiger partial charge < -0.3 is 15.2 Å². The Hall–Kier alpha value is -0.950. The maximum atomic E-state index is 12.0. The van der Waals surface area contributed by atoms with Gasteiger partial charge in [0.05, 0.1) is 4.47 Å². The highest BCUT2D eigenvalue weighted by Crippen LogP contribution is 2.32. The van der Waals surface area contributed by atoms with Crippen molar-refractivity contribution >= 4 is 21.6 Å². The summed E-state index contributed by atoms with van der Waals surface area (Å²) >= 11 is 3.02. The molecule has 0 amide bonds. The van der Waals surface area contributed by atoms with Crippen molar-refractivity contribution in [3.05, 3.63) is 22.7 Å². The maximum absolute atomic E-state index is 12.0. The van der Waals surface area contributed by atoms with Crippen molar-refractivity contribution in [3.63, 3.8) is 0 Å². The molecule has 0 unspecified atom stereocenters. The fraction of sp³-hybridized carbons (Fsp3) is 0.455. The van der Waals surface area contributed by atoms with Gasteiger partial charge in [0.1, 0.15) is 5.75 Å². The molecule has 0 fully saturated rings. The van der Waals surface area contributed by atoms with Gasteiger partial charge in [0, 0.05) is 18.8 Å². The van der Waals surface area contributed by atoms with Crippen LogP contribution in [0.2, 0.25) is 0 Å². The molecule has 0 atom stereocenters. The molecule has 3 nitrogen and oxygen atoms in total. The summed E-state index contributed by atoms with van der Waals surface area (Å²) in [5.74, 6) is -0.275. The summed E-state index contributed by atoms with van der Waals surface area (Å²) in [6.45, 7) is 0.774. The van der Waals surface area contributed by atoms with Crippen LogP contribution in [0.5, 0.6) is 5.75 Å². The van der Waals surface area contributed by atoms with Gasteiger partial charge in [-0.15, -0.1) is 13.2 Å². The van der Waals surface area contributed by atoms with E-state index in [0.29, 0.717) is 18.7 Å². The molecular formula is C11H13BrF3NO2. The topological polar surface area (TPSA) is 41.5 Å². The molecular weight excluding hydrogens is 315 g/mol. The number of ether oxygens (including phenoxy) is 1. The van der Waals surface area contributed by atoms with Crippen LogP contribution in [0.4, 0.5) is 18.9 Å². The van der Waals surface area contributed by atoms with Crippen molar-refractivity contribution < 1.29 is 23.0 Å². The largest absolute Gasteiger partial charge is 0.573 e. The van der Waals surface area contributed by atoms with Gasteiger partial charge in [0.25, 0.3) is 0 Å². The van der Waals surface area contributed by atoms with E-state index in [9.17, 15) is 13.2 Å². The van der Waals surface area contributed by atoms with E-state index in [4.69, 9.17) is 5.11 Å². The zero-order valence-corrected chi connectivity index (χ0v) is 11.0. The molecule has 102 valence electrons. The first-order valence-corrected chi connectivity index (χ1v) is 6.11. The van der Waals surface area contributed by atoms with Crippen LogP contribution in [0, 0.1) is 0 Å². The van der Waals surface area contributed by atoms with Crippen LogP contribution >= 0.6 is 15.9 Å². The molecule has 2 N–H and O–H groups in total. The van der Waals surface area contributed by atoms with Gasteiger partial charge in [-0.25, -0.2) is 0 Å². The summed E-state index contributed by atoms with van der Waals surface area (Å²) in [7, 11) is 0. The van der Waals surface area contributed by atoms with Crippen LogP contribution in [-0.4, -0.2) is 24.6 Å². The first kappa shape index (κ1) is 15.1. The minimum atomic E-state index is -4.70. The Kier molecular flexibility index (Phi) is 5.74. The third-order valence-electron chi connectivity index (χ3n) is 2.07. The molecule has 1 rings (SSSR count). The summed E-state index contributed by atoms with van der Waals surface area (Å²) in [5.41, 5.74) is 0.689. The van der Waals surface area contributed by atoms with Gasteiger partial charge in [-0.3, -0.25) is 0 Å². The number of rotatable bonds is 6. The molecule has 0 saturated carbocycles. The van der Waals surface area contributed by atoms with E-state index in [0.717, 1.165) is 6.42 Å². The minimum absolute atomic E-state index is 0.129. The fourth-order valence-corrected chi connectivity index (χ4v) is 1.75. The highest BCUT2D eigenvalue weighted by Gasteiger charge is 2.31. The van der Waals surface area contributed by atoms with Crippen molar-refractivity contribution in [2.45, 2.75) is 19.2 Å². The Morgan fingerprint density at radius 3 is 2.56 bits per heavy atom. The maximum Gasteiger partial charge on any atom is 0.573 e. The number of hydrogen-bond acceptors (Lipinski definition) is 3. The Morgan fingerprint density at radius 2 is 2.00 bits per heavy atom. The predicted molar refractivity (Wildman–Crippen MR) is 65.6 cm³/mol. The van der Waals surface area contributed by atoms with Crippen molar-refractivity contribution in [2.75, 3.05) is 18.5 Å². The molecule has 0 spiro atoms. The number of anilines is 1. The van der Waals surface area contributed by atoms with E-state index in [1.54, 1.807) is 0 Å². The molecule has 1 aromatic rings. The molecule has 0 radical (unpaired) electrons. The van der Waals surface area contributed by atoms with E-state index in [2.05, 4.69) is 26.0 Å². The summed E-state index contributed by atoms with van der Waals surface area (Å²) in [6, 6.07) is 4.26. The van der Waals surface area contributed by atoms with Crippen LogP contribution in [0.15, 0.2) is 22.7 Å². The van der Waals surface area contributed by atoms with Gasteiger partial charge in [0.15, 0.2) is 0 Å². The lowest BCUT2D eigenvalue weighted by atomic mass is 10.2. The first-order chi connectivity index (χ1) is 8.42. The molecule has 0 saturated heterocycles. The normalized spacial score (nSPS) is 11.4. The fourth-order valence-electron chi connectivity index (χ4n) is 1.29. The number of aliphatic hydroxyl groups is 1. The lowest BCUT2D eigenvalue weighted by Crippen LogP contribution is -2.17. The van der Waals surface area contributed by atoms with E-state index in [-0.39, 0.29) is 16.8 Å². The van der Waals surface area contributed by atoms with Crippen LogP contribution in [0.1, 0.15) is 12.8 Å². The Bertz CT molecular complexity index is 385. The number of nitrogens with one attached hydrogen (secondary N) is 1. The van der Waals surface area contributed by atoms with Crippen LogP contribution in [0.25, 0.3) is 0 Å². The van der Waals surface area contributed by atoms with Gasteiger partial charge in [-0.05, 0) is 47.0 Å². The first-order valence-electron chi connectivity index (χ1n) is 5.32. The number of unbranched alkanes of at least 4 members (excludes halogenated alkanes) is 1. The second-order valence-corrected chi connectivity index (χ2v) is 4.40. The second kappa shape index (κ2) is 6.84. The van der Waals surface area contributed by atoms with Crippen LogP contribution < -0.4 is 10.1 Å². The average molecular weight is 328 g/mol. The summed E-state index contributed by atoms with van der Waals surface area (Å²) < 4.78 is 40.1. The summed E-state index contributed by atoms with van der Waals surface area (Å²) in [6.07, 6.45) is -3.23. The Balaban J connectivity index is 2.56. The van der Waals surface area contributed by atoms with Crippen LogP contribution in [-0.2, 0) is 0 Å². The predicted octanol–water partition coefficient (Wildman–Crippen LogP) is 3.53. The zero-order valence-electron chi connectivity index (χ0n) is 9.43. The molecule has 7 heteroatoms.